The van der Waals surface area contributed by atoms with Crippen molar-refractivity contribution in [1.29, 1.82) is 0 Å². The quantitative estimate of drug-likeness (QED) is 0.523. The van der Waals surface area contributed by atoms with Gasteiger partial charge in [-0.15, -0.1) is 0 Å². The van der Waals surface area contributed by atoms with Crippen LogP contribution in [0.25, 0.3) is 0 Å². The maximum atomic E-state index is 5.08. The average molecular weight is 284 g/mol. The zero-order valence-corrected chi connectivity index (χ0v) is 13.5. The summed E-state index contributed by atoms with van der Waals surface area (Å²) in [5.74, 6) is 0.972. The molecule has 0 aromatic carbocycles. The number of nitrogens with one attached hydrogen (secondary N) is 2. The van der Waals surface area contributed by atoms with Gasteiger partial charge < -0.3 is 20.3 Å². The highest BCUT2D eigenvalue weighted by Gasteiger charge is 2.14. The molecule has 0 saturated heterocycles. The van der Waals surface area contributed by atoms with Gasteiger partial charge in [0.25, 0.3) is 0 Å². The van der Waals surface area contributed by atoms with Gasteiger partial charge in [0.1, 0.15) is 0 Å². The third-order valence-electron chi connectivity index (χ3n) is 3.72. The Balaban J connectivity index is 2.29. The number of likely N-dealkylation sites (N-methyl/N-ethyl adjacent to an activating group) is 1. The van der Waals surface area contributed by atoms with Crippen LogP contribution < -0.4 is 10.6 Å². The zero-order chi connectivity index (χ0) is 14.6. The summed E-state index contributed by atoms with van der Waals surface area (Å²) in [5, 5.41) is 6.91. The number of ether oxygens (including phenoxy) is 1. The van der Waals surface area contributed by atoms with Crippen LogP contribution in [0.15, 0.2) is 4.99 Å². The molecular formula is C15H32N4O. The topological polar surface area (TPSA) is 48.9 Å². The fourth-order valence-corrected chi connectivity index (χ4v) is 2.45. The van der Waals surface area contributed by atoms with Crippen molar-refractivity contribution in [1.82, 2.24) is 15.5 Å². The Morgan fingerprint density at radius 2 is 2.00 bits per heavy atom. The minimum Gasteiger partial charge on any atom is -0.383 e. The van der Waals surface area contributed by atoms with E-state index in [1.54, 1.807) is 7.11 Å². The minimum atomic E-state index is 0.604. The number of aliphatic imine (C=N–C) groups is 1. The Morgan fingerprint density at radius 3 is 2.65 bits per heavy atom. The van der Waals surface area contributed by atoms with E-state index in [4.69, 9.17) is 4.74 Å². The molecule has 0 heterocycles. The highest BCUT2D eigenvalue weighted by atomic mass is 16.5. The molecule has 1 rings (SSSR count). The first-order chi connectivity index (χ1) is 9.76. The van der Waals surface area contributed by atoms with Gasteiger partial charge in [0.2, 0.25) is 0 Å². The van der Waals surface area contributed by atoms with Crippen molar-refractivity contribution in [3.63, 3.8) is 0 Å². The van der Waals surface area contributed by atoms with E-state index in [0.717, 1.165) is 38.7 Å². The van der Waals surface area contributed by atoms with E-state index in [9.17, 15) is 0 Å². The molecule has 0 aromatic rings. The monoisotopic (exact) mass is 284 g/mol. The second-order valence-corrected chi connectivity index (χ2v) is 5.54. The third-order valence-corrected chi connectivity index (χ3v) is 3.72. The Hall–Kier alpha value is -0.810. The van der Waals surface area contributed by atoms with E-state index in [0.29, 0.717) is 6.04 Å². The van der Waals surface area contributed by atoms with Gasteiger partial charge in [-0.05, 0) is 26.8 Å². The van der Waals surface area contributed by atoms with Crippen LogP contribution >= 0.6 is 0 Å². The number of methoxy groups -OCH3 is 1. The second kappa shape index (κ2) is 10.9. The van der Waals surface area contributed by atoms with Gasteiger partial charge in [-0.2, -0.15) is 0 Å². The van der Waals surface area contributed by atoms with Crippen molar-refractivity contribution in [3.05, 3.63) is 0 Å². The molecule has 0 radical (unpaired) electrons. The Kier molecular flexibility index (Phi) is 9.41. The van der Waals surface area contributed by atoms with Crippen LogP contribution in [0.1, 0.15) is 39.0 Å². The Bertz CT molecular complexity index is 265. The summed E-state index contributed by atoms with van der Waals surface area (Å²) in [6.07, 6.45) is 6.63. The molecule has 1 fully saturated rings. The maximum Gasteiger partial charge on any atom is 0.191 e. The van der Waals surface area contributed by atoms with Crippen molar-refractivity contribution < 1.29 is 4.74 Å². The molecule has 0 amide bonds. The van der Waals surface area contributed by atoms with Gasteiger partial charge in [0, 0.05) is 32.8 Å². The van der Waals surface area contributed by atoms with Crippen LogP contribution in [0.5, 0.6) is 0 Å². The molecule has 1 saturated carbocycles. The van der Waals surface area contributed by atoms with E-state index >= 15 is 0 Å². The predicted molar refractivity (Wildman–Crippen MR) is 85.4 cm³/mol. The normalized spacial score (nSPS) is 17.5. The van der Waals surface area contributed by atoms with Gasteiger partial charge in [-0.1, -0.05) is 19.3 Å². The first kappa shape index (κ1) is 17.2. The van der Waals surface area contributed by atoms with Crippen LogP contribution in [-0.2, 0) is 4.74 Å². The first-order valence-corrected chi connectivity index (χ1v) is 7.98. The Labute approximate surface area is 124 Å². The lowest BCUT2D eigenvalue weighted by Gasteiger charge is -2.25. The summed E-state index contributed by atoms with van der Waals surface area (Å²) < 4.78 is 5.08. The molecule has 1 aliphatic rings. The van der Waals surface area contributed by atoms with Gasteiger partial charge in [-0.3, -0.25) is 4.99 Å². The van der Waals surface area contributed by atoms with Gasteiger partial charge in [0.05, 0.1) is 13.2 Å². The summed E-state index contributed by atoms with van der Waals surface area (Å²) in [4.78, 5) is 6.91. The average Bonchev–Trinajstić information content (AvgIpc) is 2.46. The highest BCUT2D eigenvalue weighted by Crippen LogP contribution is 2.17. The number of hydrogen-bond donors (Lipinski definition) is 2. The molecule has 118 valence electrons. The lowest BCUT2D eigenvalue weighted by atomic mass is 9.96. The SMILES string of the molecule is CCNC(=NCCN(C)CCOC)NC1CCCCC1. The smallest absolute Gasteiger partial charge is 0.191 e. The molecule has 0 unspecified atom stereocenters. The molecule has 20 heavy (non-hydrogen) atoms. The van der Waals surface area contributed by atoms with Crippen LogP contribution in [0, 0.1) is 0 Å². The molecule has 1 aliphatic carbocycles. The summed E-state index contributed by atoms with van der Waals surface area (Å²) in [6, 6.07) is 0.604. The number of nitrogens with zero attached hydrogens (tertiary/aromatic N) is 2. The van der Waals surface area contributed by atoms with Crippen molar-refractivity contribution >= 4 is 5.96 Å². The highest BCUT2D eigenvalue weighted by molar-refractivity contribution is 5.80. The van der Waals surface area contributed by atoms with Crippen molar-refractivity contribution in [2.75, 3.05) is 46.9 Å². The van der Waals surface area contributed by atoms with Gasteiger partial charge in [0.15, 0.2) is 5.96 Å². The van der Waals surface area contributed by atoms with E-state index in [1.807, 2.05) is 0 Å². The number of guanidine groups is 1. The third kappa shape index (κ3) is 7.70. The molecule has 0 aliphatic heterocycles. The van der Waals surface area contributed by atoms with E-state index in [-0.39, 0.29) is 0 Å². The summed E-state index contributed by atoms with van der Waals surface area (Å²) in [7, 11) is 3.85. The van der Waals surface area contributed by atoms with Crippen LogP contribution in [0.2, 0.25) is 0 Å². The maximum absolute atomic E-state index is 5.08. The minimum absolute atomic E-state index is 0.604. The fraction of sp³-hybridized carbons (Fsp3) is 0.933. The molecular weight excluding hydrogens is 252 g/mol. The standard InChI is InChI=1S/C15H32N4O/c1-4-16-15(18-14-8-6-5-7-9-14)17-10-11-19(2)12-13-20-3/h14H,4-13H2,1-3H3,(H2,16,17,18). The summed E-state index contributed by atoms with van der Waals surface area (Å²) >= 11 is 0. The predicted octanol–water partition coefficient (Wildman–Crippen LogP) is 1.45. The van der Waals surface area contributed by atoms with Crippen molar-refractivity contribution in [2.24, 2.45) is 4.99 Å². The summed E-state index contributed by atoms with van der Waals surface area (Å²) in [6.45, 7) is 6.55. The van der Waals surface area contributed by atoms with Crippen molar-refractivity contribution in [3.8, 4) is 0 Å². The van der Waals surface area contributed by atoms with Crippen LogP contribution in [-0.4, -0.2) is 63.8 Å². The lowest BCUT2D eigenvalue weighted by Crippen LogP contribution is -2.44. The summed E-state index contributed by atoms with van der Waals surface area (Å²) in [5.41, 5.74) is 0. The van der Waals surface area contributed by atoms with E-state index < -0.39 is 0 Å². The van der Waals surface area contributed by atoms with E-state index in [1.165, 1.54) is 32.1 Å². The van der Waals surface area contributed by atoms with Gasteiger partial charge in [-0.25, -0.2) is 0 Å². The lowest BCUT2D eigenvalue weighted by molar-refractivity contribution is 0.163. The van der Waals surface area contributed by atoms with E-state index in [2.05, 4.69) is 34.5 Å². The Morgan fingerprint density at radius 1 is 1.25 bits per heavy atom. The molecule has 0 aromatic heterocycles. The first-order valence-electron chi connectivity index (χ1n) is 7.98. The van der Waals surface area contributed by atoms with Gasteiger partial charge >= 0.3 is 0 Å². The molecule has 2 N–H and O–H groups in total. The molecule has 0 bridgehead atoms. The fourth-order valence-electron chi connectivity index (χ4n) is 2.45. The van der Waals surface area contributed by atoms with Crippen LogP contribution in [0.4, 0.5) is 0 Å². The molecule has 5 heteroatoms. The largest absolute Gasteiger partial charge is 0.383 e. The number of rotatable bonds is 8. The van der Waals surface area contributed by atoms with Crippen LogP contribution in [0.3, 0.4) is 0 Å². The molecule has 0 atom stereocenters. The molecule has 5 nitrogen and oxygen atoms in total. The zero-order valence-electron chi connectivity index (χ0n) is 13.5. The van der Waals surface area contributed by atoms with Crippen molar-refractivity contribution in [2.45, 2.75) is 45.1 Å². The number of hydrogen-bond acceptors (Lipinski definition) is 3. The molecule has 0 spiro atoms. The second-order valence-electron chi connectivity index (χ2n) is 5.54.